The number of piperidine rings is 1. The molecule has 6 rings (SSSR count). The van der Waals surface area contributed by atoms with Gasteiger partial charge in [0, 0.05) is 32.3 Å². The van der Waals surface area contributed by atoms with E-state index in [1.807, 2.05) is 35.2 Å². The number of hydrogen-bond acceptors (Lipinski definition) is 9. The topological polar surface area (TPSA) is 146 Å². The summed E-state index contributed by atoms with van der Waals surface area (Å²) in [7, 11) is 1.65. The van der Waals surface area contributed by atoms with Crippen LogP contribution in [-0.2, 0) is 16.1 Å². The number of anilines is 1. The molecule has 1 aliphatic heterocycles. The highest BCUT2D eigenvalue weighted by molar-refractivity contribution is 5.80. The molecule has 248 valence electrons. The van der Waals surface area contributed by atoms with Crippen LogP contribution in [0.15, 0.2) is 84.0 Å². The molecule has 1 saturated carbocycles. The summed E-state index contributed by atoms with van der Waals surface area (Å²) in [6, 6.07) is 18.8. The molecule has 0 spiro atoms. The number of aliphatic hydroxyl groups is 1. The summed E-state index contributed by atoms with van der Waals surface area (Å²) in [5.41, 5.74) is 4.85. The standard InChI is InChI=1S/C36H37FN6O5/c1-47-36(15-13-27-8-5-19-40-41-27)16-14-29(30(22-36)25-6-3-2-4-7-25)33(44)42-20-17-35(46,18-21-42)23-43-24-39-32(31(38)34(43)45)48-28-11-9-26(37)10-12-28/h2-12,19,24,29-30,46H,14,16-18,20-23,38H2,1H3/t29-,30+,36+/m1/s1. The molecule has 0 unspecified atom stereocenters. The molecule has 2 fully saturated rings. The van der Waals surface area contributed by atoms with Gasteiger partial charge in [0.05, 0.1) is 12.1 Å². The van der Waals surface area contributed by atoms with Gasteiger partial charge in [-0.25, -0.2) is 9.37 Å². The fourth-order valence-corrected chi connectivity index (χ4v) is 6.58. The van der Waals surface area contributed by atoms with Gasteiger partial charge in [0.2, 0.25) is 11.8 Å². The van der Waals surface area contributed by atoms with E-state index in [0.717, 1.165) is 5.56 Å². The largest absolute Gasteiger partial charge is 0.437 e. The lowest BCUT2D eigenvalue weighted by molar-refractivity contribution is -0.143. The SMILES string of the molecule is CO[C@@]1(C#Cc2cccnn2)CC[C@@H](C(=O)N2CCC(O)(Cn3cnc(Oc4ccc(F)cc4)c(N)c3=O)CC2)[C@H](c2ccccc2)C1. The van der Waals surface area contributed by atoms with Crippen molar-refractivity contribution in [2.45, 2.75) is 55.8 Å². The zero-order valence-corrected chi connectivity index (χ0v) is 26.6. The van der Waals surface area contributed by atoms with Crippen molar-refractivity contribution in [3.05, 3.63) is 107 Å². The van der Waals surface area contributed by atoms with E-state index < -0.39 is 22.6 Å². The van der Waals surface area contributed by atoms with Crippen LogP contribution in [0.1, 0.15) is 49.3 Å². The van der Waals surface area contributed by atoms with Crippen molar-refractivity contribution in [3.8, 4) is 23.5 Å². The molecule has 3 atom stereocenters. The number of carbonyl (C=O) groups is 1. The molecule has 0 bridgehead atoms. The predicted molar refractivity (Wildman–Crippen MR) is 175 cm³/mol. The summed E-state index contributed by atoms with van der Waals surface area (Å²) in [4.78, 5) is 33.2. The number of amides is 1. The summed E-state index contributed by atoms with van der Waals surface area (Å²) in [6.07, 6.45) is 5.10. The van der Waals surface area contributed by atoms with Crippen molar-refractivity contribution in [3.63, 3.8) is 0 Å². The molecule has 48 heavy (non-hydrogen) atoms. The van der Waals surface area contributed by atoms with Gasteiger partial charge in [0.1, 0.15) is 29.2 Å². The number of methoxy groups -OCH3 is 1. The third-order valence-corrected chi connectivity index (χ3v) is 9.36. The number of carbonyl (C=O) groups excluding carboxylic acids is 1. The van der Waals surface area contributed by atoms with E-state index in [2.05, 4.69) is 27.0 Å². The van der Waals surface area contributed by atoms with Gasteiger partial charge < -0.3 is 25.2 Å². The molecule has 4 aromatic rings. The Labute approximate surface area is 277 Å². The monoisotopic (exact) mass is 652 g/mol. The first-order valence-corrected chi connectivity index (χ1v) is 15.9. The Hall–Kier alpha value is -5.12. The van der Waals surface area contributed by atoms with Crippen LogP contribution in [0.4, 0.5) is 10.1 Å². The number of nitrogens with two attached hydrogens (primary N) is 1. The van der Waals surface area contributed by atoms with Gasteiger partial charge in [-0.3, -0.25) is 14.2 Å². The van der Waals surface area contributed by atoms with Crippen LogP contribution in [0, 0.1) is 23.6 Å². The fraction of sp³-hybridized carbons (Fsp3) is 0.361. The summed E-state index contributed by atoms with van der Waals surface area (Å²) in [5, 5.41) is 19.5. The Morgan fingerprint density at radius 1 is 1.08 bits per heavy atom. The molecular formula is C36H37FN6O5. The van der Waals surface area contributed by atoms with E-state index in [1.54, 1.807) is 25.4 Å². The minimum atomic E-state index is -1.25. The van der Waals surface area contributed by atoms with Crippen molar-refractivity contribution in [1.82, 2.24) is 24.6 Å². The Balaban J connectivity index is 1.13. The maximum Gasteiger partial charge on any atom is 0.280 e. The molecule has 1 amide bonds. The third kappa shape index (κ3) is 7.22. The molecular weight excluding hydrogens is 615 g/mol. The molecule has 1 aliphatic carbocycles. The predicted octanol–water partition coefficient (Wildman–Crippen LogP) is 3.92. The summed E-state index contributed by atoms with van der Waals surface area (Å²) in [6.45, 7) is 0.621. The highest BCUT2D eigenvalue weighted by atomic mass is 19.1. The number of aromatic nitrogens is 4. The smallest absolute Gasteiger partial charge is 0.280 e. The molecule has 3 N–H and O–H groups in total. The van der Waals surface area contributed by atoms with Crippen LogP contribution < -0.4 is 16.0 Å². The third-order valence-electron chi connectivity index (χ3n) is 9.36. The van der Waals surface area contributed by atoms with Crippen LogP contribution in [0.5, 0.6) is 11.6 Å². The molecule has 12 heteroatoms. The minimum Gasteiger partial charge on any atom is -0.437 e. The van der Waals surface area contributed by atoms with E-state index in [0.29, 0.717) is 38.0 Å². The van der Waals surface area contributed by atoms with Crippen molar-refractivity contribution < 1.29 is 23.8 Å². The number of benzene rings is 2. The number of nitrogen functional groups attached to an aromatic ring is 1. The summed E-state index contributed by atoms with van der Waals surface area (Å²) < 4.78 is 26.1. The first-order valence-electron chi connectivity index (χ1n) is 15.9. The van der Waals surface area contributed by atoms with Gasteiger partial charge in [0.15, 0.2) is 5.69 Å². The second-order valence-electron chi connectivity index (χ2n) is 12.4. The van der Waals surface area contributed by atoms with Crippen molar-refractivity contribution in [2.24, 2.45) is 5.92 Å². The van der Waals surface area contributed by atoms with Crippen LogP contribution in [0.25, 0.3) is 0 Å². The van der Waals surface area contributed by atoms with Gasteiger partial charge in [-0.15, -0.1) is 5.10 Å². The van der Waals surface area contributed by atoms with Gasteiger partial charge >= 0.3 is 0 Å². The Morgan fingerprint density at radius 2 is 1.83 bits per heavy atom. The van der Waals surface area contributed by atoms with Gasteiger partial charge in [-0.2, -0.15) is 5.10 Å². The normalized spacial score (nSPS) is 21.9. The van der Waals surface area contributed by atoms with E-state index in [-0.39, 0.29) is 54.4 Å². The lowest BCUT2D eigenvalue weighted by atomic mass is 9.68. The van der Waals surface area contributed by atoms with Gasteiger partial charge in [0.25, 0.3) is 5.56 Å². The quantitative estimate of drug-likeness (QED) is 0.284. The van der Waals surface area contributed by atoms with E-state index in [9.17, 15) is 19.1 Å². The maximum absolute atomic E-state index is 14.1. The van der Waals surface area contributed by atoms with Crippen molar-refractivity contribution in [2.75, 3.05) is 25.9 Å². The molecule has 11 nitrogen and oxygen atoms in total. The number of ether oxygens (including phenoxy) is 2. The highest BCUT2D eigenvalue weighted by Crippen LogP contribution is 2.45. The average molecular weight is 653 g/mol. The van der Waals surface area contributed by atoms with E-state index >= 15 is 0 Å². The zero-order chi connectivity index (χ0) is 33.7. The van der Waals surface area contributed by atoms with E-state index in [1.165, 1.54) is 35.2 Å². The van der Waals surface area contributed by atoms with Crippen LogP contribution in [0.3, 0.4) is 0 Å². The lowest BCUT2D eigenvalue weighted by Crippen LogP contribution is -2.52. The van der Waals surface area contributed by atoms with Crippen LogP contribution in [0.2, 0.25) is 0 Å². The Bertz CT molecular complexity index is 1850. The number of hydrogen-bond donors (Lipinski definition) is 2. The van der Waals surface area contributed by atoms with Crippen LogP contribution >= 0.6 is 0 Å². The lowest BCUT2D eigenvalue weighted by Gasteiger charge is -2.44. The number of rotatable bonds is 7. The summed E-state index contributed by atoms with van der Waals surface area (Å²) >= 11 is 0. The maximum atomic E-state index is 14.1. The summed E-state index contributed by atoms with van der Waals surface area (Å²) in [5.74, 6) is 5.77. The van der Waals surface area contributed by atoms with Gasteiger partial charge in [-0.1, -0.05) is 36.3 Å². The Morgan fingerprint density at radius 3 is 2.52 bits per heavy atom. The number of likely N-dealkylation sites (tertiary alicyclic amines) is 1. The molecule has 2 aromatic carbocycles. The van der Waals surface area contributed by atoms with Crippen molar-refractivity contribution >= 4 is 11.6 Å². The van der Waals surface area contributed by atoms with Gasteiger partial charge in [-0.05, 0) is 85.9 Å². The van der Waals surface area contributed by atoms with Crippen LogP contribution in [-0.4, -0.2) is 67.1 Å². The Kier molecular flexibility index (Phi) is 9.52. The second kappa shape index (κ2) is 13.9. The zero-order valence-electron chi connectivity index (χ0n) is 26.6. The average Bonchev–Trinajstić information content (AvgIpc) is 3.12. The minimum absolute atomic E-state index is 0.0304. The van der Waals surface area contributed by atoms with E-state index in [4.69, 9.17) is 15.2 Å². The molecule has 0 radical (unpaired) electrons. The number of halogens is 1. The molecule has 3 heterocycles. The highest BCUT2D eigenvalue weighted by Gasteiger charge is 2.46. The van der Waals surface area contributed by atoms with Crippen molar-refractivity contribution in [1.29, 1.82) is 0 Å². The molecule has 1 saturated heterocycles. The second-order valence-corrected chi connectivity index (χ2v) is 12.4. The first-order chi connectivity index (χ1) is 23.2. The first kappa shape index (κ1) is 32.8. The fourth-order valence-electron chi connectivity index (χ4n) is 6.58. The molecule has 2 aromatic heterocycles. The molecule has 2 aliphatic rings. The number of nitrogens with zero attached hydrogens (tertiary/aromatic N) is 5.